The first kappa shape index (κ1) is 21.9. The fourth-order valence-electron chi connectivity index (χ4n) is 3.60. The summed E-state index contributed by atoms with van der Waals surface area (Å²) in [6, 6.07) is 20.2. The van der Waals surface area contributed by atoms with Gasteiger partial charge in [-0.1, -0.05) is 41.6 Å². The summed E-state index contributed by atoms with van der Waals surface area (Å²) in [6.07, 6.45) is 0.637. The van der Waals surface area contributed by atoms with E-state index in [1.807, 2.05) is 54.6 Å². The first-order valence-corrected chi connectivity index (χ1v) is 10.7. The van der Waals surface area contributed by atoms with Crippen LogP contribution in [0.2, 0.25) is 0 Å². The molecule has 1 aliphatic rings. The zero-order valence-corrected chi connectivity index (χ0v) is 17.6. The first-order valence-electron chi connectivity index (χ1n) is 10.7. The Balaban J connectivity index is 1.23. The monoisotopic (exact) mass is 437 g/mol. The van der Waals surface area contributed by atoms with Gasteiger partial charge in [-0.3, -0.25) is 0 Å². The summed E-state index contributed by atoms with van der Waals surface area (Å²) < 4.78 is 17.1. The number of rotatable bonds is 8. The van der Waals surface area contributed by atoms with E-state index in [1.54, 1.807) is 12.1 Å². The average molecular weight is 437 g/mol. The summed E-state index contributed by atoms with van der Waals surface area (Å²) in [4.78, 5) is 12.1. The van der Waals surface area contributed by atoms with Crippen LogP contribution in [0.4, 0.5) is 10.5 Å². The molecule has 3 N–H and O–H groups in total. The van der Waals surface area contributed by atoms with Gasteiger partial charge in [-0.15, -0.1) is 0 Å². The molecule has 1 aliphatic heterocycles. The van der Waals surface area contributed by atoms with Gasteiger partial charge in [0.2, 0.25) is 0 Å². The number of ether oxygens (including phenoxy) is 2. The van der Waals surface area contributed by atoms with E-state index in [2.05, 4.69) is 15.8 Å². The molecule has 3 aromatic rings. The molecule has 1 saturated heterocycles. The number of hydrogen-bond donors (Lipinski definition) is 3. The van der Waals surface area contributed by atoms with E-state index in [1.165, 1.54) is 0 Å². The Morgan fingerprint density at radius 1 is 1.09 bits per heavy atom. The molecule has 1 aromatic heterocycles. The van der Waals surface area contributed by atoms with Crippen molar-refractivity contribution in [2.45, 2.75) is 44.2 Å². The third-order valence-corrected chi connectivity index (χ3v) is 5.25. The van der Waals surface area contributed by atoms with Gasteiger partial charge < -0.3 is 29.7 Å². The lowest BCUT2D eigenvalue weighted by atomic mass is 9.98. The molecule has 4 rings (SSSR count). The molecular weight excluding hydrogens is 410 g/mol. The van der Waals surface area contributed by atoms with E-state index in [9.17, 15) is 9.90 Å². The van der Waals surface area contributed by atoms with Crippen molar-refractivity contribution >= 4 is 11.7 Å². The predicted octanol–water partition coefficient (Wildman–Crippen LogP) is 3.53. The van der Waals surface area contributed by atoms with Crippen molar-refractivity contribution in [2.24, 2.45) is 0 Å². The number of nitrogens with zero attached hydrogens (tertiary/aromatic N) is 1. The first-order chi connectivity index (χ1) is 15.7. The molecule has 3 unspecified atom stereocenters. The van der Waals surface area contributed by atoms with Crippen LogP contribution in [-0.2, 0) is 17.8 Å². The van der Waals surface area contributed by atoms with Crippen molar-refractivity contribution in [3.05, 3.63) is 78.2 Å². The summed E-state index contributed by atoms with van der Waals surface area (Å²) in [7, 11) is 0. The molecule has 1 fully saturated rings. The number of aliphatic hydroxyl groups is 1. The normalized spacial score (nSPS) is 20.5. The Kier molecular flexibility index (Phi) is 7.37. The smallest absolute Gasteiger partial charge is 0.319 e. The second kappa shape index (κ2) is 10.8. The Labute approximate surface area is 186 Å². The third kappa shape index (κ3) is 6.32. The zero-order valence-electron chi connectivity index (χ0n) is 17.6. The third-order valence-electron chi connectivity index (χ3n) is 5.25. The minimum Gasteiger partial charge on any atom is -0.486 e. The Morgan fingerprint density at radius 2 is 1.84 bits per heavy atom. The van der Waals surface area contributed by atoms with Crippen LogP contribution in [0.25, 0.3) is 0 Å². The number of hydrogen-bond acceptors (Lipinski definition) is 6. The lowest BCUT2D eigenvalue weighted by Crippen LogP contribution is -2.47. The highest BCUT2D eigenvalue weighted by Crippen LogP contribution is 2.23. The Bertz CT molecular complexity index is 980. The summed E-state index contributed by atoms with van der Waals surface area (Å²) >= 11 is 0. The lowest BCUT2D eigenvalue weighted by molar-refractivity contribution is -0.113. The highest BCUT2D eigenvalue weighted by Gasteiger charge is 2.30. The predicted molar refractivity (Wildman–Crippen MR) is 118 cm³/mol. The van der Waals surface area contributed by atoms with Gasteiger partial charge >= 0.3 is 6.03 Å². The molecule has 2 heterocycles. The minimum atomic E-state index is -0.629. The molecule has 3 atom stereocenters. The quantitative estimate of drug-likeness (QED) is 0.498. The van der Waals surface area contributed by atoms with Gasteiger partial charge in [-0.2, -0.15) is 0 Å². The molecule has 8 nitrogen and oxygen atoms in total. The van der Waals surface area contributed by atoms with E-state index in [4.69, 9.17) is 14.0 Å². The van der Waals surface area contributed by atoms with Crippen LogP contribution in [0.15, 0.2) is 71.3 Å². The number of urea groups is 1. The molecule has 168 valence electrons. The maximum Gasteiger partial charge on any atom is 0.319 e. The number of anilines is 1. The molecule has 0 saturated carbocycles. The molecule has 32 heavy (non-hydrogen) atoms. The van der Waals surface area contributed by atoms with Crippen molar-refractivity contribution in [1.82, 2.24) is 10.5 Å². The van der Waals surface area contributed by atoms with Gasteiger partial charge in [0.1, 0.15) is 18.5 Å². The van der Waals surface area contributed by atoms with Crippen molar-refractivity contribution < 1.29 is 23.9 Å². The molecule has 0 spiro atoms. The standard InChI is InChI=1S/C24H27N3O5/c28-22-12-11-20(31-23(22)15-25-24(29)26-17-7-3-1-4-8-17)13-18-14-21(32-27-18)16-30-19-9-5-2-6-10-19/h1-10,14,20,22-23,28H,11-13,15-16H2,(H2,25,26,29). The number of amides is 2. The van der Waals surface area contributed by atoms with Crippen LogP contribution < -0.4 is 15.4 Å². The van der Waals surface area contributed by atoms with Crippen LogP contribution in [0.1, 0.15) is 24.3 Å². The van der Waals surface area contributed by atoms with Crippen LogP contribution in [-0.4, -0.2) is 41.2 Å². The van der Waals surface area contributed by atoms with Gasteiger partial charge in [-0.05, 0) is 37.1 Å². The van der Waals surface area contributed by atoms with E-state index >= 15 is 0 Å². The maximum atomic E-state index is 12.1. The molecule has 8 heteroatoms. The van der Waals surface area contributed by atoms with Gasteiger partial charge in [0.05, 0.1) is 17.9 Å². The van der Waals surface area contributed by atoms with Crippen molar-refractivity contribution in [1.29, 1.82) is 0 Å². The van der Waals surface area contributed by atoms with Crippen molar-refractivity contribution in [2.75, 3.05) is 11.9 Å². The van der Waals surface area contributed by atoms with E-state index in [0.717, 1.165) is 11.4 Å². The van der Waals surface area contributed by atoms with Gasteiger partial charge in [-0.25, -0.2) is 4.79 Å². The highest BCUT2D eigenvalue weighted by molar-refractivity contribution is 5.89. The lowest BCUT2D eigenvalue weighted by Gasteiger charge is -2.33. The minimum absolute atomic E-state index is 0.115. The van der Waals surface area contributed by atoms with Crippen molar-refractivity contribution in [3.8, 4) is 5.75 Å². The number of benzene rings is 2. The van der Waals surface area contributed by atoms with E-state index in [-0.39, 0.29) is 18.7 Å². The number of aromatic nitrogens is 1. The highest BCUT2D eigenvalue weighted by atomic mass is 16.5. The fraction of sp³-hybridized carbons (Fsp3) is 0.333. The van der Waals surface area contributed by atoms with Crippen molar-refractivity contribution in [3.63, 3.8) is 0 Å². The second-order valence-corrected chi connectivity index (χ2v) is 7.73. The van der Waals surface area contributed by atoms with E-state index in [0.29, 0.717) is 37.3 Å². The number of nitrogens with one attached hydrogen (secondary N) is 2. The fourth-order valence-corrected chi connectivity index (χ4v) is 3.60. The average Bonchev–Trinajstić information content (AvgIpc) is 3.26. The largest absolute Gasteiger partial charge is 0.486 e. The van der Waals surface area contributed by atoms with E-state index < -0.39 is 12.2 Å². The number of carbonyl (C=O) groups is 1. The Morgan fingerprint density at radius 3 is 2.62 bits per heavy atom. The van der Waals surface area contributed by atoms with Gasteiger partial charge in [0, 0.05) is 24.7 Å². The number of carbonyl (C=O) groups excluding carboxylic acids is 1. The van der Waals surface area contributed by atoms with Crippen LogP contribution in [0.3, 0.4) is 0 Å². The number of para-hydroxylation sites is 2. The Hall–Kier alpha value is -3.36. The SMILES string of the molecule is O=C(NCC1OC(Cc2cc(COc3ccccc3)on2)CCC1O)Nc1ccccc1. The van der Waals surface area contributed by atoms with Gasteiger partial charge in [0.25, 0.3) is 0 Å². The molecule has 0 aliphatic carbocycles. The zero-order chi connectivity index (χ0) is 22.2. The summed E-state index contributed by atoms with van der Waals surface area (Å²) in [5, 5.41) is 19.9. The molecule has 0 bridgehead atoms. The van der Waals surface area contributed by atoms with Crippen LogP contribution in [0, 0.1) is 0 Å². The van der Waals surface area contributed by atoms with Gasteiger partial charge in [0.15, 0.2) is 5.76 Å². The maximum absolute atomic E-state index is 12.1. The van der Waals surface area contributed by atoms with Crippen LogP contribution >= 0.6 is 0 Å². The molecular formula is C24H27N3O5. The summed E-state index contributed by atoms with van der Waals surface area (Å²) in [5.74, 6) is 1.40. The van der Waals surface area contributed by atoms with Crippen LogP contribution in [0.5, 0.6) is 5.75 Å². The summed E-state index contributed by atoms with van der Waals surface area (Å²) in [6.45, 7) is 0.510. The molecule has 2 aromatic carbocycles. The topological polar surface area (TPSA) is 106 Å². The second-order valence-electron chi connectivity index (χ2n) is 7.73. The molecule has 0 radical (unpaired) electrons. The molecule has 2 amide bonds. The summed E-state index contributed by atoms with van der Waals surface area (Å²) in [5.41, 5.74) is 1.47. The number of aliphatic hydroxyl groups excluding tert-OH is 1.